The molecule has 18 heavy (non-hydrogen) atoms. The lowest BCUT2D eigenvalue weighted by Crippen LogP contribution is -2.48. The minimum atomic E-state index is -0.282. The highest BCUT2D eigenvalue weighted by Gasteiger charge is 2.20. The highest BCUT2D eigenvalue weighted by atomic mass is 16.5. The Kier molecular flexibility index (Phi) is 6.72. The van der Waals surface area contributed by atoms with Crippen LogP contribution in [0.25, 0.3) is 0 Å². The van der Waals surface area contributed by atoms with Gasteiger partial charge in [0.15, 0.2) is 0 Å². The van der Waals surface area contributed by atoms with Gasteiger partial charge in [0.1, 0.15) is 0 Å². The van der Waals surface area contributed by atoms with Gasteiger partial charge in [-0.2, -0.15) is 0 Å². The van der Waals surface area contributed by atoms with Gasteiger partial charge in [-0.15, -0.1) is 0 Å². The molecule has 5 heteroatoms. The normalized spacial score (nSPS) is 16.7. The van der Waals surface area contributed by atoms with E-state index < -0.39 is 0 Å². The van der Waals surface area contributed by atoms with Crippen molar-refractivity contribution in [3.05, 3.63) is 0 Å². The van der Waals surface area contributed by atoms with Crippen LogP contribution in [0.3, 0.4) is 0 Å². The number of esters is 1. The van der Waals surface area contributed by atoms with Crippen LogP contribution in [0.1, 0.15) is 33.1 Å². The van der Waals surface area contributed by atoms with E-state index in [-0.39, 0.29) is 24.7 Å². The maximum atomic E-state index is 11.9. The van der Waals surface area contributed by atoms with E-state index >= 15 is 0 Å². The van der Waals surface area contributed by atoms with Gasteiger partial charge in [0.05, 0.1) is 13.0 Å². The first-order valence-corrected chi connectivity index (χ1v) is 6.83. The van der Waals surface area contributed by atoms with Gasteiger partial charge in [0.25, 0.3) is 0 Å². The fourth-order valence-electron chi connectivity index (χ4n) is 2.14. The summed E-state index contributed by atoms with van der Waals surface area (Å²) in [5.41, 5.74) is 0. The maximum absolute atomic E-state index is 11.9. The average molecular weight is 256 g/mol. The van der Waals surface area contributed by atoms with E-state index in [0.717, 1.165) is 39.1 Å². The second-order valence-corrected chi connectivity index (χ2v) is 4.53. The summed E-state index contributed by atoms with van der Waals surface area (Å²) in [6.45, 7) is 8.86. The molecule has 1 aliphatic rings. The van der Waals surface area contributed by atoms with Gasteiger partial charge in [-0.25, -0.2) is 0 Å². The SMILES string of the molecule is CCCN1CCN(C(=O)CCC(=O)OCC)CC1. The predicted octanol–water partition coefficient (Wildman–Crippen LogP) is 0.884. The van der Waals surface area contributed by atoms with Gasteiger partial charge >= 0.3 is 5.97 Å². The van der Waals surface area contributed by atoms with Crippen molar-refractivity contribution in [1.29, 1.82) is 0 Å². The van der Waals surface area contributed by atoms with Crippen LogP contribution >= 0.6 is 0 Å². The fourth-order valence-corrected chi connectivity index (χ4v) is 2.14. The number of carbonyl (C=O) groups is 2. The summed E-state index contributed by atoms with van der Waals surface area (Å²) in [5, 5.41) is 0. The lowest BCUT2D eigenvalue weighted by atomic mass is 10.2. The van der Waals surface area contributed by atoms with E-state index in [4.69, 9.17) is 4.74 Å². The van der Waals surface area contributed by atoms with Crippen LogP contribution in [0.4, 0.5) is 0 Å². The van der Waals surface area contributed by atoms with Crippen LogP contribution < -0.4 is 0 Å². The van der Waals surface area contributed by atoms with Gasteiger partial charge < -0.3 is 9.64 Å². The molecular formula is C13H24N2O3. The molecule has 5 nitrogen and oxygen atoms in total. The molecule has 0 unspecified atom stereocenters. The molecule has 0 aromatic heterocycles. The molecule has 0 aromatic rings. The Labute approximate surface area is 109 Å². The first-order chi connectivity index (χ1) is 8.67. The Hall–Kier alpha value is -1.10. The third-order valence-corrected chi connectivity index (χ3v) is 3.11. The number of carbonyl (C=O) groups excluding carboxylic acids is 2. The Morgan fingerprint density at radius 1 is 1.06 bits per heavy atom. The molecule has 0 aromatic carbocycles. The number of amides is 1. The number of rotatable bonds is 6. The molecule has 0 radical (unpaired) electrons. The molecule has 104 valence electrons. The number of piperazine rings is 1. The van der Waals surface area contributed by atoms with Crippen molar-refractivity contribution >= 4 is 11.9 Å². The van der Waals surface area contributed by atoms with Gasteiger partial charge in [0.2, 0.25) is 5.91 Å². The molecule has 0 aliphatic carbocycles. The second-order valence-electron chi connectivity index (χ2n) is 4.53. The number of ether oxygens (including phenoxy) is 1. The lowest BCUT2D eigenvalue weighted by molar-refractivity contribution is -0.146. The average Bonchev–Trinajstić information content (AvgIpc) is 2.37. The molecular weight excluding hydrogens is 232 g/mol. The second kappa shape index (κ2) is 8.08. The lowest BCUT2D eigenvalue weighted by Gasteiger charge is -2.34. The Balaban J connectivity index is 2.21. The minimum Gasteiger partial charge on any atom is -0.466 e. The number of hydrogen-bond acceptors (Lipinski definition) is 4. The van der Waals surface area contributed by atoms with E-state index in [1.807, 2.05) is 4.90 Å². The summed E-state index contributed by atoms with van der Waals surface area (Å²) < 4.78 is 4.81. The first kappa shape index (κ1) is 15.0. The third-order valence-electron chi connectivity index (χ3n) is 3.11. The third kappa shape index (κ3) is 5.04. The van der Waals surface area contributed by atoms with Crippen LogP contribution in [-0.4, -0.2) is 61.0 Å². The Bertz CT molecular complexity index is 273. The molecule has 1 saturated heterocycles. The van der Waals surface area contributed by atoms with E-state index in [1.54, 1.807) is 6.92 Å². The van der Waals surface area contributed by atoms with E-state index in [0.29, 0.717) is 6.61 Å². The summed E-state index contributed by atoms with van der Waals surface area (Å²) in [5.74, 6) is -0.213. The van der Waals surface area contributed by atoms with Crippen LogP contribution in [0.15, 0.2) is 0 Å². The summed E-state index contributed by atoms with van der Waals surface area (Å²) in [6.07, 6.45) is 1.62. The smallest absolute Gasteiger partial charge is 0.306 e. The maximum Gasteiger partial charge on any atom is 0.306 e. The highest BCUT2D eigenvalue weighted by molar-refractivity contribution is 5.81. The summed E-state index contributed by atoms with van der Waals surface area (Å²) in [4.78, 5) is 27.3. The molecule has 0 N–H and O–H groups in total. The topological polar surface area (TPSA) is 49.9 Å². The Morgan fingerprint density at radius 2 is 1.72 bits per heavy atom. The monoisotopic (exact) mass is 256 g/mol. The van der Waals surface area contributed by atoms with Crippen molar-refractivity contribution in [2.24, 2.45) is 0 Å². The zero-order chi connectivity index (χ0) is 13.4. The molecule has 0 spiro atoms. The van der Waals surface area contributed by atoms with Crippen molar-refractivity contribution in [1.82, 2.24) is 9.80 Å². The van der Waals surface area contributed by atoms with Crippen LogP contribution in [0.5, 0.6) is 0 Å². The number of nitrogens with zero attached hydrogens (tertiary/aromatic N) is 2. The standard InChI is InChI=1S/C13H24N2O3/c1-3-7-14-8-10-15(11-9-14)12(16)5-6-13(17)18-4-2/h3-11H2,1-2H3. The van der Waals surface area contributed by atoms with Crippen LogP contribution in [0.2, 0.25) is 0 Å². The Morgan fingerprint density at radius 3 is 2.28 bits per heavy atom. The summed E-state index contributed by atoms with van der Waals surface area (Å²) >= 11 is 0. The zero-order valence-electron chi connectivity index (χ0n) is 11.5. The molecule has 1 heterocycles. The van der Waals surface area contributed by atoms with E-state index in [9.17, 15) is 9.59 Å². The first-order valence-electron chi connectivity index (χ1n) is 6.83. The van der Waals surface area contributed by atoms with Crippen molar-refractivity contribution in [2.45, 2.75) is 33.1 Å². The van der Waals surface area contributed by atoms with Gasteiger partial charge in [-0.3, -0.25) is 14.5 Å². The molecule has 0 atom stereocenters. The van der Waals surface area contributed by atoms with Crippen molar-refractivity contribution < 1.29 is 14.3 Å². The molecule has 0 bridgehead atoms. The molecule has 1 fully saturated rings. The quantitative estimate of drug-likeness (QED) is 0.662. The molecule has 0 saturated carbocycles. The highest BCUT2D eigenvalue weighted by Crippen LogP contribution is 2.06. The van der Waals surface area contributed by atoms with Crippen molar-refractivity contribution in [3.63, 3.8) is 0 Å². The van der Waals surface area contributed by atoms with Gasteiger partial charge in [-0.1, -0.05) is 6.92 Å². The fraction of sp³-hybridized carbons (Fsp3) is 0.846. The van der Waals surface area contributed by atoms with Crippen LogP contribution in [0, 0.1) is 0 Å². The zero-order valence-corrected chi connectivity index (χ0v) is 11.5. The van der Waals surface area contributed by atoms with Crippen molar-refractivity contribution in [2.75, 3.05) is 39.3 Å². The van der Waals surface area contributed by atoms with Gasteiger partial charge in [0, 0.05) is 32.6 Å². The van der Waals surface area contributed by atoms with Crippen molar-refractivity contribution in [3.8, 4) is 0 Å². The van der Waals surface area contributed by atoms with E-state index in [2.05, 4.69) is 11.8 Å². The largest absolute Gasteiger partial charge is 0.466 e. The van der Waals surface area contributed by atoms with Crippen LogP contribution in [-0.2, 0) is 14.3 Å². The predicted molar refractivity (Wildman–Crippen MR) is 69.2 cm³/mol. The number of hydrogen-bond donors (Lipinski definition) is 0. The molecule has 1 rings (SSSR count). The van der Waals surface area contributed by atoms with E-state index in [1.165, 1.54) is 0 Å². The minimum absolute atomic E-state index is 0.0687. The molecule has 1 aliphatic heterocycles. The summed E-state index contributed by atoms with van der Waals surface area (Å²) in [7, 11) is 0. The summed E-state index contributed by atoms with van der Waals surface area (Å²) in [6, 6.07) is 0. The molecule has 1 amide bonds. The van der Waals surface area contributed by atoms with Gasteiger partial charge in [-0.05, 0) is 19.9 Å².